The Morgan fingerprint density at radius 3 is 3.18 bits per heavy atom. The summed E-state index contributed by atoms with van der Waals surface area (Å²) in [5.74, 6) is 0. The van der Waals surface area contributed by atoms with E-state index in [0.717, 1.165) is 31.6 Å². The van der Waals surface area contributed by atoms with Gasteiger partial charge in [0.25, 0.3) is 0 Å². The average molecular weight is 230 g/mol. The van der Waals surface area contributed by atoms with Crippen molar-refractivity contribution in [2.75, 3.05) is 11.9 Å². The second-order valence-electron chi connectivity index (χ2n) is 4.46. The third kappa shape index (κ3) is 3.21. The minimum atomic E-state index is 0.375. The van der Waals surface area contributed by atoms with Gasteiger partial charge in [-0.1, -0.05) is 13.0 Å². The summed E-state index contributed by atoms with van der Waals surface area (Å²) in [4.78, 5) is 0. The zero-order chi connectivity index (χ0) is 12.1. The van der Waals surface area contributed by atoms with Gasteiger partial charge in [0.1, 0.15) is 0 Å². The summed E-state index contributed by atoms with van der Waals surface area (Å²) in [6, 6.07) is 10.3. The molecule has 3 heteroatoms. The highest BCUT2D eigenvalue weighted by atomic mass is 16.5. The van der Waals surface area contributed by atoms with Gasteiger partial charge < -0.3 is 10.1 Å². The van der Waals surface area contributed by atoms with E-state index in [1.54, 1.807) is 0 Å². The number of nitrogens with one attached hydrogen (secondary N) is 1. The molecule has 2 rings (SSSR count). The van der Waals surface area contributed by atoms with Crippen molar-refractivity contribution in [1.29, 1.82) is 5.26 Å². The number of nitriles is 1. The molecule has 0 bridgehead atoms. The van der Waals surface area contributed by atoms with Crippen molar-refractivity contribution in [3.63, 3.8) is 0 Å². The van der Waals surface area contributed by atoms with Crippen LogP contribution >= 0.6 is 0 Å². The maximum atomic E-state index is 8.85. The highest BCUT2D eigenvalue weighted by molar-refractivity contribution is 5.49. The molecule has 0 aromatic heterocycles. The van der Waals surface area contributed by atoms with Crippen LogP contribution in [-0.4, -0.2) is 18.8 Å². The molecule has 2 unspecified atom stereocenters. The first-order valence-electron chi connectivity index (χ1n) is 6.20. The van der Waals surface area contributed by atoms with E-state index in [0.29, 0.717) is 17.7 Å². The lowest BCUT2D eigenvalue weighted by Gasteiger charge is -2.30. The van der Waals surface area contributed by atoms with Crippen LogP contribution in [0.4, 0.5) is 5.69 Å². The van der Waals surface area contributed by atoms with Gasteiger partial charge in [-0.15, -0.1) is 0 Å². The van der Waals surface area contributed by atoms with E-state index in [9.17, 15) is 0 Å². The molecule has 90 valence electrons. The maximum absolute atomic E-state index is 8.85. The van der Waals surface area contributed by atoms with Gasteiger partial charge in [-0.05, 0) is 37.5 Å². The van der Waals surface area contributed by atoms with Crippen LogP contribution < -0.4 is 5.32 Å². The molecule has 1 heterocycles. The van der Waals surface area contributed by atoms with Crippen LogP contribution in [0.1, 0.15) is 31.7 Å². The molecule has 3 nitrogen and oxygen atoms in total. The van der Waals surface area contributed by atoms with Gasteiger partial charge >= 0.3 is 0 Å². The van der Waals surface area contributed by atoms with Crippen LogP contribution in [0.2, 0.25) is 0 Å². The highest BCUT2D eigenvalue weighted by Gasteiger charge is 2.20. The number of benzene rings is 1. The van der Waals surface area contributed by atoms with Gasteiger partial charge in [0, 0.05) is 18.3 Å². The van der Waals surface area contributed by atoms with E-state index < -0.39 is 0 Å². The molecular weight excluding hydrogens is 212 g/mol. The monoisotopic (exact) mass is 230 g/mol. The second-order valence-corrected chi connectivity index (χ2v) is 4.46. The molecule has 1 aliphatic heterocycles. The molecule has 1 aliphatic rings. The first-order valence-corrected chi connectivity index (χ1v) is 6.20. The van der Waals surface area contributed by atoms with E-state index in [1.165, 1.54) is 0 Å². The minimum absolute atomic E-state index is 0.375. The molecule has 1 aromatic rings. The Kier molecular flexibility index (Phi) is 4.00. The molecule has 1 N–H and O–H groups in total. The quantitative estimate of drug-likeness (QED) is 0.868. The number of rotatable bonds is 3. The molecule has 0 radical (unpaired) electrons. The number of anilines is 1. The molecule has 17 heavy (non-hydrogen) atoms. The van der Waals surface area contributed by atoms with Crippen molar-refractivity contribution in [1.82, 2.24) is 0 Å². The second kappa shape index (κ2) is 5.70. The minimum Gasteiger partial charge on any atom is -0.382 e. The smallest absolute Gasteiger partial charge is 0.0992 e. The standard InChI is InChI=1S/C14H18N2O/c1-2-14-9-13(6-7-17-14)16-12-5-3-4-11(8-12)10-15/h3-5,8,13-14,16H,2,6-7,9H2,1H3. The van der Waals surface area contributed by atoms with Crippen LogP contribution in [0.15, 0.2) is 24.3 Å². The number of hydrogen-bond donors (Lipinski definition) is 1. The van der Waals surface area contributed by atoms with Gasteiger partial charge in [-0.3, -0.25) is 0 Å². The van der Waals surface area contributed by atoms with Crippen LogP contribution in [0.25, 0.3) is 0 Å². The van der Waals surface area contributed by atoms with E-state index in [1.807, 2.05) is 24.3 Å². The van der Waals surface area contributed by atoms with Gasteiger partial charge in [0.05, 0.1) is 17.7 Å². The van der Waals surface area contributed by atoms with E-state index in [4.69, 9.17) is 10.00 Å². The molecule has 1 aromatic carbocycles. The van der Waals surface area contributed by atoms with Crippen molar-refractivity contribution >= 4 is 5.69 Å². The van der Waals surface area contributed by atoms with Crippen LogP contribution in [0.5, 0.6) is 0 Å². The first kappa shape index (κ1) is 11.9. The van der Waals surface area contributed by atoms with E-state index in [2.05, 4.69) is 18.3 Å². The summed E-state index contributed by atoms with van der Waals surface area (Å²) in [6.45, 7) is 2.98. The van der Waals surface area contributed by atoms with Crippen LogP contribution in [-0.2, 0) is 4.74 Å². The summed E-state index contributed by atoms with van der Waals surface area (Å²) in [5.41, 5.74) is 1.74. The van der Waals surface area contributed by atoms with Crippen molar-refractivity contribution in [3.05, 3.63) is 29.8 Å². The van der Waals surface area contributed by atoms with Crippen molar-refractivity contribution in [2.24, 2.45) is 0 Å². The fourth-order valence-corrected chi connectivity index (χ4v) is 2.21. The molecule has 0 aliphatic carbocycles. The lowest BCUT2D eigenvalue weighted by molar-refractivity contribution is 0.00926. The maximum Gasteiger partial charge on any atom is 0.0992 e. The van der Waals surface area contributed by atoms with E-state index in [-0.39, 0.29) is 0 Å². The Hall–Kier alpha value is -1.53. The molecule has 0 spiro atoms. The van der Waals surface area contributed by atoms with Crippen LogP contribution in [0.3, 0.4) is 0 Å². The Morgan fingerprint density at radius 1 is 1.53 bits per heavy atom. The van der Waals surface area contributed by atoms with Gasteiger partial charge in [-0.2, -0.15) is 5.26 Å². The molecular formula is C14H18N2O. The molecule has 1 saturated heterocycles. The van der Waals surface area contributed by atoms with Gasteiger partial charge in [-0.25, -0.2) is 0 Å². The molecule has 1 fully saturated rings. The van der Waals surface area contributed by atoms with Gasteiger partial charge in [0.15, 0.2) is 0 Å². The Morgan fingerprint density at radius 2 is 2.41 bits per heavy atom. The predicted molar refractivity (Wildman–Crippen MR) is 67.8 cm³/mol. The highest BCUT2D eigenvalue weighted by Crippen LogP contribution is 2.20. The van der Waals surface area contributed by atoms with Crippen molar-refractivity contribution in [2.45, 2.75) is 38.3 Å². The SMILES string of the molecule is CCC1CC(Nc2cccc(C#N)c2)CCO1. The summed E-state index contributed by atoms with van der Waals surface area (Å²) >= 11 is 0. The summed E-state index contributed by atoms with van der Waals surface area (Å²) in [6.07, 6.45) is 3.53. The third-order valence-corrected chi connectivity index (χ3v) is 3.19. The Balaban J connectivity index is 1.98. The summed E-state index contributed by atoms with van der Waals surface area (Å²) < 4.78 is 5.65. The average Bonchev–Trinajstić information content (AvgIpc) is 2.39. The topological polar surface area (TPSA) is 45.0 Å². The third-order valence-electron chi connectivity index (χ3n) is 3.19. The zero-order valence-electron chi connectivity index (χ0n) is 10.1. The zero-order valence-corrected chi connectivity index (χ0v) is 10.1. The number of hydrogen-bond acceptors (Lipinski definition) is 3. The Labute approximate surface area is 102 Å². The first-order chi connectivity index (χ1) is 8.31. The van der Waals surface area contributed by atoms with Crippen LogP contribution in [0, 0.1) is 11.3 Å². The predicted octanol–water partition coefficient (Wildman–Crippen LogP) is 2.93. The normalized spacial score (nSPS) is 24.0. The molecule has 2 atom stereocenters. The lowest BCUT2D eigenvalue weighted by Crippen LogP contribution is -2.33. The lowest BCUT2D eigenvalue weighted by atomic mass is 10.0. The number of ether oxygens (including phenoxy) is 1. The summed E-state index contributed by atoms with van der Waals surface area (Å²) in [5, 5.41) is 12.3. The summed E-state index contributed by atoms with van der Waals surface area (Å²) in [7, 11) is 0. The van der Waals surface area contributed by atoms with Crippen molar-refractivity contribution < 1.29 is 4.74 Å². The fourth-order valence-electron chi connectivity index (χ4n) is 2.21. The largest absolute Gasteiger partial charge is 0.382 e. The van der Waals surface area contributed by atoms with Crippen molar-refractivity contribution in [3.8, 4) is 6.07 Å². The fraction of sp³-hybridized carbons (Fsp3) is 0.500. The van der Waals surface area contributed by atoms with E-state index >= 15 is 0 Å². The van der Waals surface area contributed by atoms with Gasteiger partial charge in [0.2, 0.25) is 0 Å². The Bertz CT molecular complexity index is 411. The number of nitrogens with zero attached hydrogens (tertiary/aromatic N) is 1. The molecule has 0 amide bonds. The molecule has 0 saturated carbocycles.